The Morgan fingerprint density at radius 2 is 2.00 bits per heavy atom. The van der Waals surface area contributed by atoms with Gasteiger partial charge in [0.15, 0.2) is 0 Å². The molecule has 0 aromatic carbocycles. The van der Waals surface area contributed by atoms with Gasteiger partial charge in [-0.15, -0.1) is 0 Å². The maximum Gasteiger partial charge on any atom is 0.245 e. The lowest BCUT2D eigenvalue weighted by atomic mass is 10.0. The monoisotopic (exact) mass is 266 g/mol. The van der Waals surface area contributed by atoms with Crippen LogP contribution in [0.15, 0.2) is 16.5 Å². The average molecular weight is 266 g/mol. The van der Waals surface area contributed by atoms with E-state index in [1.807, 2.05) is 32.9 Å². The number of furan rings is 1. The van der Waals surface area contributed by atoms with Gasteiger partial charge in [-0.3, -0.25) is 9.59 Å². The molecule has 1 unspecified atom stereocenters. The van der Waals surface area contributed by atoms with Crippen LogP contribution in [0.1, 0.15) is 32.3 Å². The molecule has 0 fully saturated rings. The topological polar surface area (TPSA) is 62.6 Å². The smallest absolute Gasteiger partial charge is 0.245 e. The minimum absolute atomic E-state index is 0.0391. The normalized spacial score (nSPS) is 12.3. The van der Waals surface area contributed by atoms with Gasteiger partial charge in [-0.1, -0.05) is 13.8 Å². The third kappa shape index (κ3) is 4.43. The molecule has 0 aliphatic rings. The van der Waals surface area contributed by atoms with Crippen LogP contribution in [-0.2, 0) is 16.1 Å². The Morgan fingerprint density at radius 3 is 2.42 bits per heavy atom. The van der Waals surface area contributed by atoms with Crippen molar-refractivity contribution in [3.05, 3.63) is 23.7 Å². The first-order valence-electron chi connectivity index (χ1n) is 6.38. The molecule has 1 rings (SSSR count). The van der Waals surface area contributed by atoms with E-state index in [9.17, 15) is 9.59 Å². The number of likely N-dealkylation sites (N-methyl/N-ethyl adjacent to an activating group) is 1. The lowest BCUT2D eigenvalue weighted by Gasteiger charge is -2.26. The molecule has 1 N–H and O–H groups in total. The fourth-order valence-electron chi connectivity index (χ4n) is 1.85. The second-order valence-electron chi connectivity index (χ2n) is 5.13. The number of hydrogen-bond acceptors (Lipinski definition) is 3. The third-order valence-electron chi connectivity index (χ3n) is 2.86. The van der Waals surface area contributed by atoms with Gasteiger partial charge in [-0.05, 0) is 25.0 Å². The minimum Gasteiger partial charge on any atom is -0.464 e. The van der Waals surface area contributed by atoms with Crippen LogP contribution < -0.4 is 5.32 Å². The van der Waals surface area contributed by atoms with E-state index < -0.39 is 6.04 Å². The highest BCUT2D eigenvalue weighted by Crippen LogP contribution is 2.11. The van der Waals surface area contributed by atoms with Crippen molar-refractivity contribution in [1.29, 1.82) is 0 Å². The molecule has 5 nitrogen and oxygen atoms in total. The van der Waals surface area contributed by atoms with E-state index in [2.05, 4.69) is 5.32 Å². The summed E-state index contributed by atoms with van der Waals surface area (Å²) in [5.74, 6) is 1.28. The Kier molecular flexibility index (Phi) is 5.15. The Bertz CT molecular complexity index is 451. The molecule has 19 heavy (non-hydrogen) atoms. The molecule has 1 aromatic rings. The van der Waals surface area contributed by atoms with E-state index in [1.54, 1.807) is 11.9 Å². The first kappa shape index (κ1) is 15.3. The van der Waals surface area contributed by atoms with Crippen LogP contribution in [0, 0.1) is 12.8 Å². The molecule has 0 aliphatic heterocycles. The van der Waals surface area contributed by atoms with Crippen molar-refractivity contribution < 1.29 is 14.0 Å². The molecule has 106 valence electrons. The van der Waals surface area contributed by atoms with E-state index in [1.165, 1.54) is 6.92 Å². The summed E-state index contributed by atoms with van der Waals surface area (Å²) in [6, 6.07) is 3.21. The largest absolute Gasteiger partial charge is 0.464 e. The summed E-state index contributed by atoms with van der Waals surface area (Å²) in [6.45, 7) is 7.49. The van der Waals surface area contributed by atoms with Crippen LogP contribution in [0.3, 0.4) is 0 Å². The summed E-state index contributed by atoms with van der Waals surface area (Å²) >= 11 is 0. The van der Waals surface area contributed by atoms with Crippen molar-refractivity contribution in [2.75, 3.05) is 7.05 Å². The molecule has 0 bridgehead atoms. The van der Waals surface area contributed by atoms with Crippen molar-refractivity contribution >= 4 is 11.8 Å². The zero-order chi connectivity index (χ0) is 14.6. The summed E-state index contributed by atoms with van der Waals surface area (Å²) in [6.07, 6.45) is 0. The van der Waals surface area contributed by atoms with Gasteiger partial charge in [0, 0.05) is 14.0 Å². The quantitative estimate of drug-likeness (QED) is 0.882. The fraction of sp³-hybridized carbons (Fsp3) is 0.571. The zero-order valence-electron chi connectivity index (χ0n) is 12.2. The molecule has 1 atom stereocenters. The third-order valence-corrected chi connectivity index (χ3v) is 2.86. The first-order valence-corrected chi connectivity index (χ1v) is 6.38. The molecule has 0 saturated carbocycles. The first-order chi connectivity index (χ1) is 8.81. The lowest BCUT2D eigenvalue weighted by Crippen LogP contribution is -2.49. The van der Waals surface area contributed by atoms with Gasteiger partial charge in [0.05, 0.1) is 6.54 Å². The predicted molar refractivity (Wildman–Crippen MR) is 72.4 cm³/mol. The second-order valence-corrected chi connectivity index (χ2v) is 5.13. The van der Waals surface area contributed by atoms with E-state index in [4.69, 9.17) is 4.42 Å². The van der Waals surface area contributed by atoms with Gasteiger partial charge in [-0.2, -0.15) is 0 Å². The van der Waals surface area contributed by atoms with Crippen LogP contribution in [0.4, 0.5) is 0 Å². The van der Waals surface area contributed by atoms with Crippen LogP contribution in [0.5, 0.6) is 0 Å². The lowest BCUT2D eigenvalue weighted by molar-refractivity contribution is -0.136. The number of aryl methyl sites for hydroxylation is 1. The molecular weight excluding hydrogens is 244 g/mol. The molecule has 0 saturated heterocycles. The molecule has 0 aliphatic carbocycles. The van der Waals surface area contributed by atoms with Gasteiger partial charge in [0.25, 0.3) is 0 Å². The van der Waals surface area contributed by atoms with Gasteiger partial charge in [-0.25, -0.2) is 0 Å². The van der Waals surface area contributed by atoms with Gasteiger partial charge in [0.1, 0.15) is 17.6 Å². The number of carbonyl (C=O) groups excluding carboxylic acids is 2. The molecule has 0 spiro atoms. The summed E-state index contributed by atoms with van der Waals surface area (Å²) in [7, 11) is 1.71. The van der Waals surface area contributed by atoms with Crippen molar-refractivity contribution in [1.82, 2.24) is 10.2 Å². The summed E-state index contributed by atoms with van der Waals surface area (Å²) < 4.78 is 5.44. The van der Waals surface area contributed by atoms with Crippen molar-refractivity contribution in [2.24, 2.45) is 5.92 Å². The van der Waals surface area contributed by atoms with Crippen LogP contribution in [0.25, 0.3) is 0 Å². The molecule has 1 heterocycles. The van der Waals surface area contributed by atoms with Gasteiger partial charge in [0.2, 0.25) is 11.8 Å². The number of nitrogens with zero attached hydrogens (tertiary/aromatic N) is 1. The Balaban J connectivity index is 2.70. The number of carbonyl (C=O) groups is 2. The maximum absolute atomic E-state index is 12.3. The van der Waals surface area contributed by atoms with E-state index >= 15 is 0 Å². The molecule has 2 amide bonds. The number of amides is 2. The Labute approximate surface area is 114 Å². The van der Waals surface area contributed by atoms with Crippen molar-refractivity contribution in [3.63, 3.8) is 0 Å². The van der Waals surface area contributed by atoms with E-state index in [0.717, 1.165) is 11.5 Å². The van der Waals surface area contributed by atoms with E-state index in [0.29, 0.717) is 6.54 Å². The Morgan fingerprint density at radius 1 is 1.37 bits per heavy atom. The van der Waals surface area contributed by atoms with Crippen LogP contribution in [-0.4, -0.2) is 29.8 Å². The number of hydrogen-bond donors (Lipinski definition) is 1. The van der Waals surface area contributed by atoms with Crippen molar-refractivity contribution in [3.8, 4) is 0 Å². The minimum atomic E-state index is -0.501. The van der Waals surface area contributed by atoms with Gasteiger partial charge < -0.3 is 14.6 Å². The predicted octanol–water partition coefficient (Wildman–Crippen LogP) is 1.71. The SMILES string of the molecule is CC(=O)NC(C(=O)N(C)Cc1ccc(C)o1)C(C)C. The maximum atomic E-state index is 12.3. The summed E-state index contributed by atoms with van der Waals surface area (Å²) in [5.41, 5.74) is 0. The van der Waals surface area contributed by atoms with Crippen molar-refractivity contribution in [2.45, 2.75) is 40.3 Å². The standard InChI is InChI=1S/C14H22N2O3/c1-9(2)13(15-11(4)17)14(18)16(5)8-12-7-6-10(3)19-12/h6-7,9,13H,8H2,1-5H3,(H,15,17). The second kappa shape index (κ2) is 6.41. The fourth-order valence-corrected chi connectivity index (χ4v) is 1.85. The molecular formula is C14H22N2O3. The van der Waals surface area contributed by atoms with Gasteiger partial charge >= 0.3 is 0 Å². The highest BCUT2D eigenvalue weighted by atomic mass is 16.3. The van der Waals surface area contributed by atoms with Crippen LogP contribution >= 0.6 is 0 Å². The number of nitrogens with one attached hydrogen (secondary N) is 1. The Hall–Kier alpha value is -1.78. The number of rotatable bonds is 5. The molecule has 0 radical (unpaired) electrons. The average Bonchev–Trinajstić information content (AvgIpc) is 2.70. The summed E-state index contributed by atoms with van der Waals surface area (Å²) in [4.78, 5) is 25.0. The highest BCUT2D eigenvalue weighted by molar-refractivity contribution is 5.86. The molecule has 1 aromatic heterocycles. The molecule has 5 heteroatoms. The van der Waals surface area contributed by atoms with Crippen LogP contribution in [0.2, 0.25) is 0 Å². The van der Waals surface area contributed by atoms with E-state index in [-0.39, 0.29) is 17.7 Å². The highest BCUT2D eigenvalue weighted by Gasteiger charge is 2.26. The zero-order valence-corrected chi connectivity index (χ0v) is 12.2. The summed E-state index contributed by atoms with van der Waals surface area (Å²) in [5, 5.41) is 2.69.